The van der Waals surface area contributed by atoms with Gasteiger partial charge >= 0.3 is 0 Å². The normalized spacial score (nSPS) is 20.2. The van der Waals surface area contributed by atoms with E-state index in [4.69, 9.17) is 29.6 Å². The zero-order chi connectivity index (χ0) is 13.1. The number of nitrogens with two attached hydrogens (primary N) is 1. The van der Waals surface area contributed by atoms with Crippen LogP contribution in [-0.4, -0.2) is 34.2 Å². The van der Waals surface area contributed by atoms with Crippen molar-refractivity contribution >= 4 is 28.8 Å². The van der Waals surface area contributed by atoms with Gasteiger partial charge in [0, 0.05) is 23.2 Å². The van der Waals surface area contributed by atoms with Gasteiger partial charge in [0.25, 0.3) is 0 Å². The second kappa shape index (κ2) is 5.97. The largest absolute Gasteiger partial charge is 0.395 e. The summed E-state index contributed by atoms with van der Waals surface area (Å²) in [5.41, 5.74) is 7.41. The van der Waals surface area contributed by atoms with Gasteiger partial charge in [-0.25, -0.2) is 0 Å². The highest BCUT2D eigenvalue weighted by Crippen LogP contribution is 2.24. The number of nitrogens with zero attached hydrogens (tertiary/aromatic N) is 1. The monoisotopic (exact) mass is 284 g/mol. The van der Waals surface area contributed by atoms with E-state index in [1.54, 1.807) is 0 Å². The Labute approximate surface area is 118 Å². The number of benzene rings is 1. The molecule has 0 spiro atoms. The van der Waals surface area contributed by atoms with Gasteiger partial charge in [0.1, 0.15) is 4.99 Å². The standard InChI is InChI=1S/C13H17ClN2OS/c14-12-6-9(13(15)18)3-4-10(12)7-16-5-1-2-11(16)8-17/h3-4,6,11,17H,1-2,5,7-8H2,(H2,15,18). The summed E-state index contributed by atoms with van der Waals surface area (Å²) < 4.78 is 0. The van der Waals surface area contributed by atoms with E-state index in [9.17, 15) is 5.11 Å². The van der Waals surface area contributed by atoms with Crippen LogP contribution in [0.4, 0.5) is 0 Å². The number of aliphatic hydroxyl groups excluding tert-OH is 1. The number of likely N-dealkylation sites (tertiary alicyclic amines) is 1. The zero-order valence-electron chi connectivity index (χ0n) is 10.1. The van der Waals surface area contributed by atoms with E-state index >= 15 is 0 Å². The van der Waals surface area contributed by atoms with Crippen LogP contribution in [0.3, 0.4) is 0 Å². The van der Waals surface area contributed by atoms with Crippen molar-refractivity contribution in [2.75, 3.05) is 13.2 Å². The van der Waals surface area contributed by atoms with Crippen molar-refractivity contribution < 1.29 is 5.11 Å². The highest BCUT2D eigenvalue weighted by Gasteiger charge is 2.24. The fourth-order valence-corrected chi connectivity index (χ4v) is 2.72. The van der Waals surface area contributed by atoms with Crippen LogP contribution in [0.5, 0.6) is 0 Å². The maximum atomic E-state index is 9.29. The van der Waals surface area contributed by atoms with Crippen molar-refractivity contribution in [3.8, 4) is 0 Å². The van der Waals surface area contributed by atoms with E-state index in [0.717, 1.165) is 37.1 Å². The molecular weight excluding hydrogens is 268 g/mol. The molecule has 1 heterocycles. The highest BCUT2D eigenvalue weighted by molar-refractivity contribution is 7.80. The molecule has 0 bridgehead atoms. The molecule has 0 saturated carbocycles. The minimum atomic E-state index is 0.211. The second-order valence-corrected chi connectivity index (χ2v) is 5.47. The van der Waals surface area contributed by atoms with Gasteiger partial charge in [0.15, 0.2) is 0 Å². The van der Waals surface area contributed by atoms with Gasteiger partial charge in [0.05, 0.1) is 6.61 Å². The van der Waals surface area contributed by atoms with Gasteiger partial charge in [-0.05, 0) is 31.0 Å². The lowest BCUT2D eigenvalue weighted by Crippen LogP contribution is -2.31. The Morgan fingerprint density at radius 1 is 1.56 bits per heavy atom. The van der Waals surface area contributed by atoms with Gasteiger partial charge in [-0.3, -0.25) is 4.90 Å². The minimum absolute atomic E-state index is 0.211. The summed E-state index contributed by atoms with van der Waals surface area (Å²) in [6, 6.07) is 5.93. The summed E-state index contributed by atoms with van der Waals surface area (Å²) in [7, 11) is 0. The lowest BCUT2D eigenvalue weighted by molar-refractivity contribution is 0.153. The molecular formula is C13H17ClN2OS. The number of aliphatic hydroxyl groups is 1. The smallest absolute Gasteiger partial charge is 0.104 e. The molecule has 1 unspecified atom stereocenters. The summed E-state index contributed by atoms with van der Waals surface area (Å²) >= 11 is 11.2. The molecule has 0 radical (unpaired) electrons. The van der Waals surface area contributed by atoms with Crippen molar-refractivity contribution in [2.24, 2.45) is 5.73 Å². The Bertz CT molecular complexity index is 453. The van der Waals surface area contributed by atoms with Gasteiger partial charge in [-0.2, -0.15) is 0 Å². The van der Waals surface area contributed by atoms with Crippen LogP contribution in [0.1, 0.15) is 24.0 Å². The van der Waals surface area contributed by atoms with Gasteiger partial charge in [0.2, 0.25) is 0 Å². The zero-order valence-corrected chi connectivity index (χ0v) is 11.7. The first-order valence-electron chi connectivity index (χ1n) is 6.05. The number of hydrogen-bond acceptors (Lipinski definition) is 3. The lowest BCUT2D eigenvalue weighted by Gasteiger charge is -2.23. The molecule has 2 rings (SSSR count). The topological polar surface area (TPSA) is 49.5 Å². The summed E-state index contributed by atoms with van der Waals surface area (Å²) in [5.74, 6) is 0. The molecule has 3 N–H and O–H groups in total. The van der Waals surface area contributed by atoms with Crippen LogP contribution in [-0.2, 0) is 6.54 Å². The predicted octanol–water partition coefficient (Wildman–Crippen LogP) is 1.93. The maximum absolute atomic E-state index is 9.29. The first-order valence-corrected chi connectivity index (χ1v) is 6.83. The summed E-state index contributed by atoms with van der Waals surface area (Å²) in [4.78, 5) is 2.62. The fourth-order valence-electron chi connectivity index (χ4n) is 2.36. The molecule has 18 heavy (non-hydrogen) atoms. The number of hydrogen-bond donors (Lipinski definition) is 2. The van der Waals surface area contributed by atoms with Crippen molar-refractivity contribution in [1.82, 2.24) is 4.90 Å². The Hall–Kier alpha value is -0.680. The van der Waals surface area contributed by atoms with Crippen LogP contribution in [0.25, 0.3) is 0 Å². The first kappa shape index (κ1) is 13.7. The van der Waals surface area contributed by atoms with E-state index < -0.39 is 0 Å². The molecule has 0 amide bonds. The van der Waals surface area contributed by atoms with Gasteiger partial charge < -0.3 is 10.8 Å². The van der Waals surface area contributed by atoms with Crippen molar-refractivity contribution in [2.45, 2.75) is 25.4 Å². The van der Waals surface area contributed by atoms with E-state index in [2.05, 4.69) is 4.90 Å². The minimum Gasteiger partial charge on any atom is -0.395 e. The van der Waals surface area contributed by atoms with E-state index in [1.807, 2.05) is 18.2 Å². The lowest BCUT2D eigenvalue weighted by atomic mass is 10.1. The van der Waals surface area contributed by atoms with Crippen LogP contribution >= 0.6 is 23.8 Å². The van der Waals surface area contributed by atoms with Crippen LogP contribution in [0.15, 0.2) is 18.2 Å². The molecule has 1 saturated heterocycles. The van der Waals surface area contributed by atoms with Crippen LogP contribution in [0.2, 0.25) is 5.02 Å². The molecule has 5 heteroatoms. The number of halogens is 1. The molecule has 3 nitrogen and oxygen atoms in total. The Balaban J connectivity index is 2.12. The fraction of sp³-hybridized carbons (Fsp3) is 0.462. The van der Waals surface area contributed by atoms with E-state index in [0.29, 0.717) is 10.0 Å². The van der Waals surface area contributed by atoms with Crippen molar-refractivity contribution in [1.29, 1.82) is 0 Å². The molecule has 1 aliphatic heterocycles. The van der Waals surface area contributed by atoms with Crippen LogP contribution < -0.4 is 5.73 Å². The van der Waals surface area contributed by atoms with Crippen LogP contribution in [0, 0.1) is 0 Å². The van der Waals surface area contributed by atoms with E-state index in [-0.39, 0.29) is 12.6 Å². The molecule has 1 aromatic rings. The Kier molecular flexibility index (Phi) is 4.56. The molecule has 1 aromatic carbocycles. The number of thiocarbonyl (C=S) groups is 1. The van der Waals surface area contributed by atoms with Gasteiger partial charge in [-0.15, -0.1) is 0 Å². The summed E-state index contributed by atoms with van der Waals surface area (Å²) in [6.07, 6.45) is 2.19. The molecule has 0 aromatic heterocycles. The summed E-state index contributed by atoms with van der Waals surface area (Å²) in [5, 5.41) is 9.98. The third-order valence-electron chi connectivity index (χ3n) is 3.42. The first-order chi connectivity index (χ1) is 8.61. The maximum Gasteiger partial charge on any atom is 0.104 e. The third kappa shape index (κ3) is 3.01. The molecule has 1 fully saturated rings. The number of rotatable bonds is 4. The average Bonchev–Trinajstić information content (AvgIpc) is 2.78. The van der Waals surface area contributed by atoms with Crippen molar-refractivity contribution in [3.63, 3.8) is 0 Å². The molecule has 1 atom stereocenters. The SMILES string of the molecule is NC(=S)c1ccc(CN2CCCC2CO)c(Cl)c1. The highest BCUT2D eigenvalue weighted by atomic mass is 35.5. The molecule has 98 valence electrons. The molecule has 0 aliphatic carbocycles. The van der Waals surface area contributed by atoms with Gasteiger partial charge in [-0.1, -0.05) is 36.0 Å². The second-order valence-electron chi connectivity index (χ2n) is 4.62. The predicted molar refractivity (Wildman–Crippen MR) is 77.9 cm³/mol. The molecule has 1 aliphatic rings. The van der Waals surface area contributed by atoms with E-state index in [1.165, 1.54) is 0 Å². The van der Waals surface area contributed by atoms with Crippen molar-refractivity contribution in [3.05, 3.63) is 34.3 Å². The summed E-state index contributed by atoms with van der Waals surface area (Å²) in [6.45, 7) is 1.99. The quantitative estimate of drug-likeness (QED) is 0.830. The Morgan fingerprint density at radius 3 is 2.94 bits per heavy atom. The average molecular weight is 285 g/mol. The third-order valence-corrected chi connectivity index (χ3v) is 4.01. The Morgan fingerprint density at radius 2 is 2.33 bits per heavy atom.